The molecule has 3 rings (SSSR count). The summed E-state index contributed by atoms with van der Waals surface area (Å²) in [4.78, 5) is 16.1. The number of hydrogen-bond acceptors (Lipinski definition) is 3. The molecule has 0 N–H and O–H groups in total. The Morgan fingerprint density at radius 3 is 3.11 bits per heavy atom. The van der Waals surface area contributed by atoms with Crippen molar-refractivity contribution in [3.05, 3.63) is 48.4 Å². The summed E-state index contributed by atoms with van der Waals surface area (Å²) >= 11 is 0. The fraction of sp³-hybridized carbons (Fsp3) is 0.143. The first-order valence-corrected chi connectivity index (χ1v) is 5.82. The van der Waals surface area contributed by atoms with E-state index >= 15 is 0 Å². The van der Waals surface area contributed by atoms with Gasteiger partial charge in [-0.05, 0) is 37.3 Å². The lowest BCUT2D eigenvalue weighted by Crippen LogP contribution is -2.04. The van der Waals surface area contributed by atoms with Crippen LogP contribution in [0.4, 0.5) is 0 Å². The highest BCUT2D eigenvalue weighted by atomic mass is 16.5. The van der Waals surface area contributed by atoms with Crippen LogP contribution < -0.4 is 0 Å². The van der Waals surface area contributed by atoms with Gasteiger partial charge in [0.2, 0.25) is 0 Å². The third kappa shape index (κ3) is 1.62. The average Bonchev–Trinajstić information content (AvgIpc) is 2.87. The van der Waals surface area contributed by atoms with E-state index in [1.54, 1.807) is 19.3 Å². The highest BCUT2D eigenvalue weighted by Crippen LogP contribution is 2.20. The Labute approximate surface area is 104 Å². The molecule has 0 amide bonds. The second-order valence-corrected chi connectivity index (χ2v) is 4.00. The molecule has 90 valence electrons. The van der Waals surface area contributed by atoms with Gasteiger partial charge in [-0.1, -0.05) is 0 Å². The molecule has 1 aromatic carbocycles. The standard InChI is InChI=1S/C14H12N2O2/c1-2-18-14(17)10-5-6-12-11(8-10)13-4-3-7-16(13)9-15-12/h3-9H,2H2,1H3. The molecule has 0 spiro atoms. The number of nitrogens with zero attached hydrogens (tertiary/aromatic N) is 2. The predicted molar refractivity (Wildman–Crippen MR) is 68.7 cm³/mol. The lowest BCUT2D eigenvalue weighted by atomic mass is 10.1. The Hall–Kier alpha value is -2.36. The van der Waals surface area contributed by atoms with Crippen molar-refractivity contribution in [3.8, 4) is 0 Å². The van der Waals surface area contributed by atoms with Crippen LogP contribution in [0.5, 0.6) is 0 Å². The van der Waals surface area contributed by atoms with Crippen molar-refractivity contribution in [2.75, 3.05) is 6.61 Å². The lowest BCUT2D eigenvalue weighted by Gasteiger charge is -2.05. The number of carbonyl (C=O) groups is 1. The normalized spacial score (nSPS) is 10.9. The molecule has 2 heterocycles. The highest BCUT2D eigenvalue weighted by molar-refractivity contribution is 5.99. The van der Waals surface area contributed by atoms with E-state index < -0.39 is 0 Å². The van der Waals surface area contributed by atoms with Gasteiger partial charge in [0, 0.05) is 11.6 Å². The fourth-order valence-corrected chi connectivity index (χ4v) is 2.04. The van der Waals surface area contributed by atoms with E-state index in [1.807, 2.05) is 34.9 Å². The van der Waals surface area contributed by atoms with Gasteiger partial charge >= 0.3 is 5.97 Å². The molecule has 2 aromatic heterocycles. The molecule has 0 saturated heterocycles. The monoisotopic (exact) mass is 240 g/mol. The second-order valence-electron chi connectivity index (χ2n) is 4.00. The minimum atomic E-state index is -0.298. The van der Waals surface area contributed by atoms with E-state index in [4.69, 9.17) is 4.74 Å². The van der Waals surface area contributed by atoms with Crippen molar-refractivity contribution in [1.82, 2.24) is 9.38 Å². The molecule has 0 aliphatic heterocycles. The zero-order valence-electron chi connectivity index (χ0n) is 9.96. The number of benzene rings is 1. The maximum absolute atomic E-state index is 11.7. The summed E-state index contributed by atoms with van der Waals surface area (Å²) in [6.07, 6.45) is 3.69. The summed E-state index contributed by atoms with van der Waals surface area (Å²) in [6.45, 7) is 2.18. The number of hydrogen-bond donors (Lipinski definition) is 0. The van der Waals surface area contributed by atoms with E-state index in [2.05, 4.69) is 4.98 Å². The van der Waals surface area contributed by atoms with Crippen molar-refractivity contribution in [2.45, 2.75) is 6.92 Å². The van der Waals surface area contributed by atoms with Crippen molar-refractivity contribution >= 4 is 22.4 Å². The molecule has 0 radical (unpaired) electrons. The van der Waals surface area contributed by atoms with E-state index in [-0.39, 0.29) is 5.97 Å². The van der Waals surface area contributed by atoms with Crippen LogP contribution in [0.2, 0.25) is 0 Å². The van der Waals surface area contributed by atoms with Crippen LogP contribution in [0.25, 0.3) is 16.4 Å². The van der Waals surface area contributed by atoms with Gasteiger partial charge in [-0.15, -0.1) is 0 Å². The summed E-state index contributed by atoms with van der Waals surface area (Å²) < 4.78 is 6.93. The first-order chi connectivity index (χ1) is 8.79. The topological polar surface area (TPSA) is 43.6 Å². The lowest BCUT2D eigenvalue weighted by molar-refractivity contribution is 0.0526. The summed E-state index contributed by atoms with van der Waals surface area (Å²) in [5, 5.41) is 0.952. The second kappa shape index (κ2) is 4.14. The number of esters is 1. The number of ether oxygens (including phenoxy) is 1. The first-order valence-electron chi connectivity index (χ1n) is 5.82. The molecule has 0 aliphatic carbocycles. The van der Waals surface area contributed by atoms with Crippen molar-refractivity contribution in [1.29, 1.82) is 0 Å². The maximum atomic E-state index is 11.7. The minimum Gasteiger partial charge on any atom is -0.462 e. The Balaban J connectivity index is 2.23. The van der Waals surface area contributed by atoms with Gasteiger partial charge < -0.3 is 9.14 Å². The summed E-state index contributed by atoms with van der Waals surface area (Å²) in [6, 6.07) is 9.36. The number of rotatable bonds is 2. The summed E-state index contributed by atoms with van der Waals surface area (Å²) in [5.41, 5.74) is 2.46. The molecule has 3 aromatic rings. The molecule has 0 atom stereocenters. The fourth-order valence-electron chi connectivity index (χ4n) is 2.04. The van der Waals surface area contributed by atoms with E-state index in [0.717, 1.165) is 16.4 Å². The van der Waals surface area contributed by atoms with Crippen LogP contribution in [-0.2, 0) is 4.74 Å². The van der Waals surface area contributed by atoms with Crippen LogP contribution in [0.1, 0.15) is 17.3 Å². The van der Waals surface area contributed by atoms with Crippen molar-refractivity contribution in [2.24, 2.45) is 0 Å². The van der Waals surface area contributed by atoms with Crippen LogP contribution in [0, 0.1) is 0 Å². The Morgan fingerprint density at radius 2 is 2.28 bits per heavy atom. The maximum Gasteiger partial charge on any atom is 0.338 e. The highest BCUT2D eigenvalue weighted by Gasteiger charge is 2.09. The van der Waals surface area contributed by atoms with E-state index in [1.165, 1.54) is 0 Å². The van der Waals surface area contributed by atoms with Gasteiger partial charge in [-0.2, -0.15) is 0 Å². The number of fused-ring (bicyclic) bond motifs is 3. The molecular weight excluding hydrogens is 228 g/mol. The zero-order valence-corrected chi connectivity index (χ0v) is 9.96. The van der Waals surface area contributed by atoms with Gasteiger partial charge in [0.05, 0.1) is 29.5 Å². The van der Waals surface area contributed by atoms with Gasteiger partial charge in [-0.25, -0.2) is 9.78 Å². The van der Waals surface area contributed by atoms with E-state index in [0.29, 0.717) is 12.2 Å². The predicted octanol–water partition coefficient (Wildman–Crippen LogP) is 2.66. The SMILES string of the molecule is CCOC(=O)c1ccc2ncn3cccc3c2c1. The van der Waals surface area contributed by atoms with Crippen LogP contribution in [-0.4, -0.2) is 22.0 Å². The number of aromatic nitrogens is 2. The largest absolute Gasteiger partial charge is 0.462 e. The molecule has 0 saturated carbocycles. The van der Waals surface area contributed by atoms with Crippen LogP contribution in [0.3, 0.4) is 0 Å². The average molecular weight is 240 g/mol. The van der Waals surface area contributed by atoms with Gasteiger partial charge in [0.1, 0.15) is 0 Å². The Kier molecular flexibility index (Phi) is 2.48. The molecule has 4 heteroatoms. The van der Waals surface area contributed by atoms with Crippen molar-refractivity contribution < 1.29 is 9.53 Å². The minimum absolute atomic E-state index is 0.298. The van der Waals surface area contributed by atoms with Crippen molar-refractivity contribution in [3.63, 3.8) is 0 Å². The van der Waals surface area contributed by atoms with Crippen LogP contribution >= 0.6 is 0 Å². The summed E-state index contributed by atoms with van der Waals surface area (Å²) in [7, 11) is 0. The van der Waals surface area contributed by atoms with Gasteiger partial charge in [0.15, 0.2) is 0 Å². The van der Waals surface area contributed by atoms with E-state index in [9.17, 15) is 4.79 Å². The molecular formula is C14H12N2O2. The third-order valence-corrected chi connectivity index (χ3v) is 2.88. The Morgan fingerprint density at radius 1 is 1.39 bits per heavy atom. The molecule has 0 unspecified atom stereocenters. The first kappa shape index (κ1) is 10.8. The molecule has 18 heavy (non-hydrogen) atoms. The quantitative estimate of drug-likeness (QED) is 0.647. The summed E-state index contributed by atoms with van der Waals surface area (Å²) in [5.74, 6) is -0.298. The van der Waals surface area contributed by atoms with Crippen LogP contribution in [0.15, 0.2) is 42.9 Å². The molecule has 0 fully saturated rings. The third-order valence-electron chi connectivity index (χ3n) is 2.88. The zero-order chi connectivity index (χ0) is 12.5. The number of carbonyl (C=O) groups excluding carboxylic acids is 1. The molecule has 4 nitrogen and oxygen atoms in total. The molecule has 0 aliphatic rings. The smallest absolute Gasteiger partial charge is 0.338 e. The molecule has 0 bridgehead atoms. The van der Waals surface area contributed by atoms with Gasteiger partial charge in [0.25, 0.3) is 0 Å². The Bertz CT molecular complexity index is 731. The van der Waals surface area contributed by atoms with Gasteiger partial charge in [-0.3, -0.25) is 0 Å².